The SMILES string of the molecule is O=C(Nc1ccc(Cl)cc1)OCCN=C1NC(=S)N(c2ccc(O)cc2)C12CCCCC2. The molecule has 0 bridgehead atoms. The van der Waals surface area contributed by atoms with Crippen LogP contribution in [0, 0.1) is 0 Å². The predicted molar refractivity (Wildman–Crippen MR) is 131 cm³/mol. The summed E-state index contributed by atoms with van der Waals surface area (Å²) in [6.45, 7) is 0.469. The Morgan fingerprint density at radius 3 is 2.53 bits per heavy atom. The van der Waals surface area contributed by atoms with Gasteiger partial charge in [-0.15, -0.1) is 0 Å². The fourth-order valence-electron chi connectivity index (χ4n) is 4.31. The Balaban J connectivity index is 1.42. The zero-order valence-corrected chi connectivity index (χ0v) is 19.1. The van der Waals surface area contributed by atoms with Gasteiger partial charge >= 0.3 is 6.09 Å². The van der Waals surface area contributed by atoms with Gasteiger partial charge in [0.25, 0.3) is 0 Å². The molecule has 1 aliphatic heterocycles. The first-order chi connectivity index (χ1) is 15.5. The number of rotatable bonds is 5. The third-order valence-electron chi connectivity index (χ3n) is 5.77. The van der Waals surface area contributed by atoms with Gasteiger partial charge in [0, 0.05) is 16.4 Å². The van der Waals surface area contributed by atoms with Crippen molar-refractivity contribution in [3.63, 3.8) is 0 Å². The number of thiocarbonyl (C=S) groups is 1. The summed E-state index contributed by atoms with van der Waals surface area (Å²) in [5, 5.41) is 16.8. The molecule has 7 nitrogen and oxygen atoms in total. The van der Waals surface area contributed by atoms with Gasteiger partial charge in [-0.05, 0) is 73.6 Å². The molecule has 1 saturated heterocycles. The number of aliphatic imine (C=N–C) groups is 1. The fraction of sp³-hybridized carbons (Fsp3) is 0.348. The number of halogens is 1. The minimum absolute atomic E-state index is 0.145. The minimum atomic E-state index is -0.541. The smallest absolute Gasteiger partial charge is 0.411 e. The number of hydrogen-bond acceptors (Lipinski definition) is 5. The molecule has 0 atom stereocenters. The zero-order chi connectivity index (χ0) is 22.6. The van der Waals surface area contributed by atoms with Crippen molar-refractivity contribution in [2.45, 2.75) is 37.6 Å². The molecule has 1 heterocycles. The summed E-state index contributed by atoms with van der Waals surface area (Å²) in [4.78, 5) is 18.9. The first-order valence-electron chi connectivity index (χ1n) is 10.6. The molecule has 0 radical (unpaired) electrons. The summed E-state index contributed by atoms with van der Waals surface area (Å²) in [7, 11) is 0. The summed E-state index contributed by atoms with van der Waals surface area (Å²) in [5.41, 5.74) is 1.20. The number of benzene rings is 2. The van der Waals surface area contributed by atoms with Crippen LogP contribution in [0.25, 0.3) is 0 Å². The van der Waals surface area contributed by atoms with Crippen LogP contribution in [0.3, 0.4) is 0 Å². The van der Waals surface area contributed by atoms with Gasteiger partial charge in [0.2, 0.25) is 0 Å². The third kappa shape index (κ3) is 4.81. The van der Waals surface area contributed by atoms with Gasteiger partial charge in [-0.3, -0.25) is 10.3 Å². The lowest BCUT2D eigenvalue weighted by Gasteiger charge is -2.40. The number of amides is 1. The monoisotopic (exact) mass is 472 g/mol. The normalized spacial score (nSPS) is 18.6. The fourth-order valence-corrected chi connectivity index (χ4v) is 4.81. The highest BCUT2D eigenvalue weighted by Gasteiger charge is 2.50. The van der Waals surface area contributed by atoms with Crippen LogP contribution >= 0.6 is 23.8 Å². The molecule has 4 rings (SSSR count). The van der Waals surface area contributed by atoms with Crippen molar-refractivity contribution >= 4 is 52.2 Å². The van der Waals surface area contributed by atoms with Crippen molar-refractivity contribution in [2.24, 2.45) is 4.99 Å². The van der Waals surface area contributed by atoms with Crippen molar-refractivity contribution in [1.29, 1.82) is 0 Å². The van der Waals surface area contributed by atoms with Crippen LogP contribution in [-0.4, -0.2) is 40.8 Å². The number of ether oxygens (including phenoxy) is 1. The van der Waals surface area contributed by atoms with E-state index >= 15 is 0 Å². The molecule has 1 aliphatic carbocycles. The van der Waals surface area contributed by atoms with Crippen molar-refractivity contribution in [1.82, 2.24) is 5.32 Å². The highest BCUT2D eigenvalue weighted by Crippen LogP contribution is 2.41. The number of nitrogens with zero attached hydrogens (tertiary/aromatic N) is 2. The highest BCUT2D eigenvalue weighted by atomic mass is 35.5. The number of nitrogens with one attached hydrogen (secondary N) is 2. The van der Waals surface area contributed by atoms with Crippen LogP contribution in [0.15, 0.2) is 53.5 Å². The minimum Gasteiger partial charge on any atom is -0.508 e. The van der Waals surface area contributed by atoms with Crippen molar-refractivity contribution < 1.29 is 14.6 Å². The van der Waals surface area contributed by atoms with Crippen molar-refractivity contribution in [2.75, 3.05) is 23.4 Å². The van der Waals surface area contributed by atoms with Crippen LogP contribution in [-0.2, 0) is 4.74 Å². The van der Waals surface area contributed by atoms with E-state index in [-0.39, 0.29) is 17.9 Å². The number of anilines is 2. The average Bonchev–Trinajstić information content (AvgIpc) is 3.04. The predicted octanol–water partition coefficient (Wildman–Crippen LogP) is 5.09. The van der Waals surface area contributed by atoms with Crippen LogP contribution in [0.5, 0.6) is 5.75 Å². The average molecular weight is 473 g/mol. The quantitative estimate of drug-likeness (QED) is 0.415. The second kappa shape index (κ2) is 9.75. The largest absolute Gasteiger partial charge is 0.508 e. The molecule has 32 heavy (non-hydrogen) atoms. The molecule has 1 spiro atoms. The van der Waals surface area contributed by atoms with E-state index in [2.05, 4.69) is 15.5 Å². The molecule has 168 valence electrons. The van der Waals surface area contributed by atoms with E-state index in [1.54, 1.807) is 36.4 Å². The van der Waals surface area contributed by atoms with Crippen LogP contribution in [0.4, 0.5) is 16.2 Å². The Bertz CT molecular complexity index is 1000. The summed E-state index contributed by atoms with van der Waals surface area (Å²) in [6.07, 6.45) is 4.66. The Labute approximate surface area is 197 Å². The van der Waals surface area contributed by atoms with Gasteiger partial charge < -0.3 is 20.1 Å². The maximum absolute atomic E-state index is 12.0. The van der Waals surface area contributed by atoms with E-state index < -0.39 is 6.09 Å². The van der Waals surface area contributed by atoms with E-state index in [1.807, 2.05) is 12.1 Å². The summed E-state index contributed by atoms with van der Waals surface area (Å²) in [6, 6.07) is 13.9. The Morgan fingerprint density at radius 1 is 1.16 bits per heavy atom. The molecule has 2 aliphatic rings. The van der Waals surface area contributed by atoms with Gasteiger partial charge in [0.15, 0.2) is 5.11 Å². The molecule has 0 aromatic heterocycles. The van der Waals surface area contributed by atoms with Gasteiger partial charge in [0.1, 0.15) is 23.7 Å². The van der Waals surface area contributed by atoms with E-state index in [1.165, 1.54) is 6.42 Å². The zero-order valence-electron chi connectivity index (χ0n) is 17.5. The second-order valence-corrected chi connectivity index (χ2v) is 8.70. The molecule has 0 unspecified atom stereocenters. The molecule has 2 fully saturated rings. The number of phenolic OH excluding ortho intramolecular Hbond substituents is 1. The number of carbonyl (C=O) groups excluding carboxylic acids is 1. The lowest BCUT2D eigenvalue weighted by molar-refractivity contribution is 0.165. The topological polar surface area (TPSA) is 86.2 Å². The van der Waals surface area contributed by atoms with E-state index in [9.17, 15) is 9.90 Å². The van der Waals surface area contributed by atoms with Crippen LogP contribution < -0.4 is 15.5 Å². The molecule has 3 N–H and O–H groups in total. The molecular formula is C23H25ClN4O3S. The summed E-state index contributed by atoms with van der Waals surface area (Å²) < 4.78 is 5.27. The van der Waals surface area contributed by atoms with Gasteiger partial charge in [-0.2, -0.15) is 0 Å². The van der Waals surface area contributed by atoms with Crippen LogP contribution in [0.1, 0.15) is 32.1 Å². The Morgan fingerprint density at radius 2 is 1.84 bits per heavy atom. The third-order valence-corrected chi connectivity index (χ3v) is 6.31. The van der Waals surface area contributed by atoms with Crippen molar-refractivity contribution in [3.8, 4) is 5.75 Å². The number of hydrogen-bond donors (Lipinski definition) is 3. The molecule has 9 heteroatoms. The maximum Gasteiger partial charge on any atom is 0.411 e. The van der Waals surface area contributed by atoms with Crippen LogP contribution in [0.2, 0.25) is 5.02 Å². The molecule has 1 amide bonds. The van der Waals surface area contributed by atoms with Crippen molar-refractivity contribution in [3.05, 3.63) is 53.6 Å². The summed E-state index contributed by atoms with van der Waals surface area (Å²) in [5.74, 6) is 1.03. The molecule has 2 aromatic rings. The lowest BCUT2D eigenvalue weighted by Crippen LogP contribution is -2.51. The van der Waals surface area contributed by atoms with Gasteiger partial charge in [-0.25, -0.2) is 4.79 Å². The summed E-state index contributed by atoms with van der Waals surface area (Å²) >= 11 is 11.5. The van der Waals surface area contributed by atoms with E-state index in [0.717, 1.165) is 37.2 Å². The Kier molecular flexibility index (Phi) is 6.81. The first-order valence-corrected chi connectivity index (χ1v) is 11.4. The standard InChI is InChI=1S/C23H25ClN4O3S/c24-16-4-6-17(7-5-16)26-22(30)31-15-14-25-20-23(12-2-1-3-13-23)28(21(32)27-20)18-8-10-19(29)11-9-18/h4-11,29H,1-3,12-15H2,(H,26,30)(H,25,27,32). The second-order valence-electron chi connectivity index (χ2n) is 7.87. The van der Waals surface area contributed by atoms with Gasteiger partial charge in [0.05, 0.1) is 6.54 Å². The molecule has 1 saturated carbocycles. The number of aromatic hydroxyl groups is 1. The van der Waals surface area contributed by atoms with E-state index in [0.29, 0.717) is 22.4 Å². The Hall–Kier alpha value is -2.84. The molecular weight excluding hydrogens is 448 g/mol. The van der Waals surface area contributed by atoms with E-state index in [4.69, 9.17) is 33.5 Å². The molecule has 2 aromatic carbocycles. The first kappa shape index (κ1) is 22.4. The number of amidine groups is 1. The highest BCUT2D eigenvalue weighted by molar-refractivity contribution is 7.80. The number of phenols is 1. The maximum atomic E-state index is 12.0. The lowest BCUT2D eigenvalue weighted by atomic mass is 9.80. The number of carbonyl (C=O) groups is 1. The van der Waals surface area contributed by atoms with Gasteiger partial charge in [-0.1, -0.05) is 30.9 Å².